The minimum absolute atomic E-state index is 0.400. The van der Waals surface area contributed by atoms with Crippen LogP contribution in [0.5, 0.6) is 0 Å². The number of hydrogen-bond acceptors (Lipinski definition) is 1. The highest BCUT2D eigenvalue weighted by atomic mass is 15.0. The summed E-state index contributed by atoms with van der Waals surface area (Å²) in [5, 5.41) is 2.54. The van der Waals surface area contributed by atoms with Gasteiger partial charge >= 0.3 is 0 Å². The van der Waals surface area contributed by atoms with E-state index >= 15 is 0 Å². The highest BCUT2D eigenvalue weighted by Crippen LogP contribution is 2.36. The Morgan fingerprint density at radius 1 is 1.00 bits per heavy atom. The van der Waals surface area contributed by atoms with Crippen LogP contribution < -0.4 is 5.73 Å². The molecule has 0 aliphatic carbocycles. The van der Waals surface area contributed by atoms with Crippen molar-refractivity contribution in [1.29, 1.82) is 0 Å². The first-order valence-electron chi connectivity index (χ1n) is 6.39. The molecule has 2 N–H and O–H groups in total. The molecule has 0 radical (unpaired) electrons. The van der Waals surface area contributed by atoms with Gasteiger partial charge in [-0.25, -0.2) is 0 Å². The van der Waals surface area contributed by atoms with Gasteiger partial charge < -0.3 is 10.3 Å². The van der Waals surface area contributed by atoms with Crippen molar-refractivity contribution in [3.05, 3.63) is 42.0 Å². The number of para-hydroxylation sites is 1. The van der Waals surface area contributed by atoms with E-state index in [9.17, 15) is 0 Å². The molecule has 1 aromatic heterocycles. The number of anilines is 1. The van der Waals surface area contributed by atoms with Crippen molar-refractivity contribution in [3.8, 4) is 0 Å². The summed E-state index contributed by atoms with van der Waals surface area (Å²) >= 11 is 0. The van der Waals surface area contributed by atoms with Gasteiger partial charge in [0.25, 0.3) is 0 Å². The molecule has 1 heterocycles. The Labute approximate surface area is 107 Å². The molecular weight excluding hydrogens is 220 g/mol. The summed E-state index contributed by atoms with van der Waals surface area (Å²) in [6.45, 7) is 6.47. The molecule has 2 aromatic carbocycles. The smallest absolute Gasteiger partial charge is 0.0730 e. The van der Waals surface area contributed by atoms with Gasteiger partial charge in [0.1, 0.15) is 0 Å². The fraction of sp³-hybridized carbons (Fsp3) is 0.250. The van der Waals surface area contributed by atoms with E-state index in [0.29, 0.717) is 6.04 Å². The molecular formula is C16H18N2. The molecule has 0 aliphatic heterocycles. The number of nitrogen functional groups attached to an aromatic ring is 1. The van der Waals surface area contributed by atoms with Gasteiger partial charge in [-0.15, -0.1) is 0 Å². The van der Waals surface area contributed by atoms with Crippen LogP contribution >= 0.6 is 0 Å². The Kier molecular flexibility index (Phi) is 2.34. The van der Waals surface area contributed by atoms with E-state index in [4.69, 9.17) is 5.73 Å². The first-order valence-corrected chi connectivity index (χ1v) is 6.39. The van der Waals surface area contributed by atoms with Crippen LogP contribution in [0.4, 0.5) is 5.69 Å². The van der Waals surface area contributed by atoms with Crippen molar-refractivity contribution in [2.24, 2.45) is 0 Å². The van der Waals surface area contributed by atoms with E-state index in [-0.39, 0.29) is 0 Å². The molecule has 0 amide bonds. The molecule has 0 aliphatic rings. The lowest BCUT2D eigenvalue weighted by Crippen LogP contribution is -2.03. The molecule has 3 aromatic rings. The average molecular weight is 238 g/mol. The predicted molar refractivity (Wildman–Crippen MR) is 79.0 cm³/mol. The van der Waals surface area contributed by atoms with Crippen LogP contribution in [0.3, 0.4) is 0 Å². The van der Waals surface area contributed by atoms with Gasteiger partial charge in [0, 0.05) is 22.3 Å². The number of aryl methyl sites for hydroxylation is 1. The van der Waals surface area contributed by atoms with E-state index in [1.54, 1.807) is 0 Å². The molecule has 2 heteroatoms. The Morgan fingerprint density at radius 3 is 2.44 bits per heavy atom. The molecule has 0 saturated carbocycles. The molecule has 0 unspecified atom stereocenters. The van der Waals surface area contributed by atoms with Crippen LogP contribution in [0.15, 0.2) is 36.4 Å². The Hall–Kier alpha value is -1.96. The van der Waals surface area contributed by atoms with Gasteiger partial charge in [0.05, 0.1) is 11.2 Å². The Bertz CT molecular complexity index is 736. The van der Waals surface area contributed by atoms with Crippen molar-refractivity contribution < 1.29 is 0 Å². The molecule has 0 spiro atoms. The number of aromatic nitrogens is 1. The maximum absolute atomic E-state index is 6.30. The number of fused-ring (bicyclic) bond motifs is 3. The SMILES string of the molecule is Cc1ccc2c3ccccc3n(C(C)C)c2c1N. The number of rotatable bonds is 1. The zero-order valence-electron chi connectivity index (χ0n) is 11.1. The van der Waals surface area contributed by atoms with Crippen molar-refractivity contribution in [1.82, 2.24) is 4.57 Å². The molecule has 18 heavy (non-hydrogen) atoms. The fourth-order valence-electron chi connectivity index (χ4n) is 2.75. The van der Waals surface area contributed by atoms with Gasteiger partial charge in [0.2, 0.25) is 0 Å². The van der Waals surface area contributed by atoms with Crippen LogP contribution in [0.2, 0.25) is 0 Å². The highest BCUT2D eigenvalue weighted by molar-refractivity contribution is 6.12. The van der Waals surface area contributed by atoms with Gasteiger partial charge in [0.15, 0.2) is 0 Å². The Morgan fingerprint density at radius 2 is 1.72 bits per heavy atom. The summed E-state index contributed by atoms with van der Waals surface area (Å²) in [6.07, 6.45) is 0. The molecule has 92 valence electrons. The standard InChI is InChI=1S/C16H18N2/c1-10(2)18-14-7-5-4-6-12(14)13-9-8-11(3)15(17)16(13)18/h4-10H,17H2,1-3H3. The zero-order valence-corrected chi connectivity index (χ0v) is 11.1. The minimum Gasteiger partial charge on any atom is -0.397 e. The quantitative estimate of drug-likeness (QED) is 0.631. The second-order valence-electron chi connectivity index (χ2n) is 5.17. The van der Waals surface area contributed by atoms with Crippen LogP contribution in [-0.2, 0) is 0 Å². The summed E-state index contributed by atoms with van der Waals surface area (Å²) in [6, 6.07) is 13.2. The molecule has 0 atom stereocenters. The lowest BCUT2D eigenvalue weighted by Gasteiger charge is -2.13. The Balaban J connectivity index is 2.63. The fourth-order valence-corrected chi connectivity index (χ4v) is 2.75. The van der Waals surface area contributed by atoms with Crippen molar-refractivity contribution in [3.63, 3.8) is 0 Å². The monoisotopic (exact) mass is 238 g/mol. The number of nitrogens with two attached hydrogens (primary N) is 1. The zero-order chi connectivity index (χ0) is 12.9. The minimum atomic E-state index is 0.400. The normalized spacial score (nSPS) is 11.8. The van der Waals surface area contributed by atoms with Crippen molar-refractivity contribution >= 4 is 27.5 Å². The van der Waals surface area contributed by atoms with E-state index in [2.05, 4.69) is 61.7 Å². The van der Waals surface area contributed by atoms with Crippen LogP contribution in [0.1, 0.15) is 25.5 Å². The third-order valence-corrected chi connectivity index (χ3v) is 3.65. The number of hydrogen-bond donors (Lipinski definition) is 1. The van der Waals surface area contributed by atoms with Crippen LogP contribution in [-0.4, -0.2) is 4.57 Å². The second kappa shape index (κ2) is 3.77. The number of benzene rings is 2. The summed E-state index contributed by atoms with van der Waals surface area (Å²) < 4.78 is 2.34. The number of nitrogens with zero attached hydrogens (tertiary/aromatic N) is 1. The first kappa shape index (κ1) is 11.1. The first-order chi connectivity index (χ1) is 8.61. The van der Waals surface area contributed by atoms with Crippen molar-refractivity contribution in [2.45, 2.75) is 26.8 Å². The third kappa shape index (κ3) is 1.35. The molecule has 2 nitrogen and oxygen atoms in total. The maximum Gasteiger partial charge on any atom is 0.0730 e. The summed E-state index contributed by atoms with van der Waals surface area (Å²) in [5.41, 5.74) is 10.8. The largest absolute Gasteiger partial charge is 0.397 e. The van der Waals surface area contributed by atoms with Gasteiger partial charge in [-0.1, -0.05) is 30.3 Å². The van der Waals surface area contributed by atoms with E-state index in [1.165, 1.54) is 21.8 Å². The van der Waals surface area contributed by atoms with Gasteiger partial charge in [-0.3, -0.25) is 0 Å². The van der Waals surface area contributed by atoms with Gasteiger partial charge in [-0.05, 0) is 32.4 Å². The van der Waals surface area contributed by atoms with Gasteiger partial charge in [-0.2, -0.15) is 0 Å². The average Bonchev–Trinajstić information content (AvgIpc) is 2.69. The summed E-state index contributed by atoms with van der Waals surface area (Å²) in [7, 11) is 0. The summed E-state index contributed by atoms with van der Waals surface area (Å²) in [4.78, 5) is 0. The molecule has 0 fully saturated rings. The van der Waals surface area contributed by atoms with E-state index < -0.39 is 0 Å². The molecule has 0 saturated heterocycles. The highest BCUT2D eigenvalue weighted by Gasteiger charge is 2.15. The maximum atomic E-state index is 6.30. The van der Waals surface area contributed by atoms with Crippen LogP contribution in [0, 0.1) is 6.92 Å². The molecule has 3 rings (SSSR count). The molecule has 0 bridgehead atoms. The topological polar surface area (TPSA) is 30.9 Å². The van der Waals surface area contributed by atoms with Crippen molar-refractivity contribution in [2.75, 3.05) is 5.73 Å². The lowest BCUT2D eigenvalue weighted by molar-refractivity contribution is 0.642. The van der Waals surface area contributed by atoms with Crippen LogP contribution in [0.25, 0.3) is 21.8 Å². The third-order valence-electron chi connectivity index (χ3n) is 3.65. The van der Waals surface area contributed by atoms with E-state index in [0.717, 1.165) is 11.3 Å². The predicted octanol–water partition coefficient (Wildman–Crippen LogP) is 4.27. The second-order valence-corrected chi connectivity index (χ2v) is 5.17. The van der Waals surface area contributed by atoms with E-state index in [1.807, 2.05) is 0 Å². The summed E-state index contributed by atoms with van der Waals surface area (Å²) in [5.74, 6) is 0. The lowest BCUT2D eigenvalue weighted by atomic mass is 10.1.